The highest BCUT2D eigenvalue weighted by molar-refractivity contribution is 5.18. The molecule has 0 radical (unpaired) electrons. The van der Waals surface area contributed by atoms with E-state index in [2.05, 4.69) is 32.9 Å². The summed E-state index contributed by atoms with van der Waals surface area (Å²) in [5.74, 6) is 0.538. The van der Waals surface area contributed by atoms with E-state index in [1.54, 1.807) is 6.20 Å². The summed E-state index contributed by atoms with van der Waals surface area (Å²) in [6.07, 6.45) is 8.60. The maximum atomic E-state index is 5.43. The molecule has 0 saturated carbocycles. The molecule has 12 heavy (non-hydrogen) atoms. The van der Waals surface area contributed by atoms with Crippen LogP contribution in [0.4, 0.5) is 0 Å². The third-order valence-electron chi connectivity index (χ3n) is 2.89. The normalized spacial score (nSPS) is 28.9. The van der Waals surface area contributed by atoms with Gasteiger partial charge in [-0.15, -0.1) is 0 Å². The van der Waals surface area contributed by atoms with E-state index in [1.807, 2.05) is 0 Å². The molecule has 1 nitrogen and oxygen atoms in total. The quantitative estimate of drug-likeness (QED) is 0.594. The standard InChI is InChI=1S/C11H19N/c1-9-5-4-7-11(2,3)10(9)6-8-12/h5-6,8,10H,4,7,12H2,1-3H3/b8-6+. The molecule has 1 unspecified atom stereocenters. The summed E-state index contributed by atoms with van der Waals surface area (Å²) < 4.78 is 0. The minimum atomic E-state index is 0.384. The third kappa shape index (κ3) is 1.71. The number of rotatable bonds is 1. The SMILES string of the molecule is CC1=CCCC(C)(C)C1/C=C/N. The first kappa shape index (κ1) is 9.37. The van der Waals surface area contributed by atoms with Crippen molar-refractivity contribution in [3.63, 3.8) is 0 Å². The summed E-state index contributed by atoms with van der Waals surface area (Å²) in [6.45, 7) is 6.83. The Bertz CT molecular complexity index is 211. The molecule has 1 heteroatoms. The molecule has 1 atom stereocenters. The van der Waals surface area contributed by atoms with Crippen LogP contribution in [-0.4, -0.2) is 0 Å². The highest BCUT2D eigenvalue weighted by Crippen LogP contribution is 2.41. The first-order chi connectivity index (χ1) is 5.58. The monoisotopic (exact) mass is 165 g/mol. The van der Waals surface area contributed by atoms with Crippen LogP contribution in [0.5, 0.6) is 0 Å². The molecule has 0 bridgehead atoms. The van der Waals surface area contributed by atoms with E-state index in [0.717, 1.165) is 0 Å². The summed E-state index contributed by atoms with van der Waals surface area (Å²) in [5, 5.41) is 0. The van der Waals surface area contributed by atoms with Crippen LogP contribution in [0.25, 0.3) is 0 Å². The van der Waals surface area contributed by atoms with Crippen molar-refractivity contribution in [2.45, 2.75) is 33.6 Å². The lowest BCUT2D eigenvalue weighted by atomic mass is 9.69. The van der Waals surface area contributed by atoms with Crippen LogP contribution in [0.1, 0.15) is 33.6 Å². The molecule has 0 aromatic rings. The van der Waals surface area contributed by atoms with Crippen LogP contribution in [0.3, 0.4) is 0 Å². The second kappa shape index (κ2) is 3.34. The van der Waals surface area contributed by atoms with Crippen molar-refractivity contribution < 1.29 is 0 Å². The number of hydrogen-bond donors (Lipinski definition) is 1. The van der Waals surface area contributed by atoms with Crippen molar-refractivity contribution in [1.29, 1.82) is 0 Å². The van der Waals surface area contributed by atoms with E-state index in [1.165, 1.54) is 18.4 Å². The van der Waals surface area contributed by atoms with Crippen molar-refractivity contribution >= 4 is 0 Å². The second-order valence-corrected chi connectivity index (χ2v) is 4.34. The zero-order valence-electron chi connectivity index (χ0n) is 8.30. The first-order valence-corrected chi connectivity index (χ1v) is 4.63. The van der Waals surface area contributed by atoms with Crippen LogP contribution in [0.2, 0.25) is 0 Å². The Balaban J connectivity index is 2.88. The number of allylic oxidation sites excluding steroid dienone is 3. The lowest BCUT2D eigenvalue weighted by Crippen LogP contribution is -2.26. The first-order valence-electron chi connectivity index (χ1n) is 4.63. The predicted octanol–water partition coefficient (Wildman–Crippen LogP) is 2.84. The lowest BCUT2D eigenvalue weighted by molar-refractivity contribution is 0.255. The summed E-state index contributed by atoms with van der Waals surface area (Å²) in [6, 6.07) is 0. The van der Waals surface area contributed by atoms with Gasteiger partial charge in [0, 0.05) is 5.92 Å². The molecule has 2 N–H and O–H groups in total. The molecule has 68 valence electrons. The molecular weight excluding hydrogens is 146 g/mol. The third-order valence-corrected chi connectivity index (χ3v) is 2.89. The molecule has 0 spiro atoms. The van der Waals surface area contributed by atoms with Gasteiger partial charge in [-0.25, -0.2) is 0 Å². The molecule has 0 aliphatic heterocycles. The number of hydrogen-bond acceptors (Lipinski definition) is 1. The largest absolute Gasteiger partial charge is 0.405 e. The van der Waals surface area contributed by atoms with Crippen LogP contribution in [-0.2, 0) is 0 Å². The van der Waals surface area contributed by atoms with Gasteiger partial charge in [-0.3, -0.25) is 0 Å². The van der Waals surface area contributed by atoms with Crippen molar-refractivity contribution in [1.82, 2.24) is 0 Å². The highest BCUT2D eigenvalue weighted by Gasteiger charge is 2.30. The van der Waals surface area contributed by atoms with Crippen LogP contribution >= 0.6 is 0 Å². The minimum Gasteiger partial charge on any atom is -0.405 e. The second-order valence-electron chi connectivity index (χ2n) is 4.34. The average Bonchev–Trinajstić information content (AvgIpc) is 1.97. The van der Waals surface area contributed by atoms with Gasteiger partial charge < -0.3 is 5.73 Å². The molecule has 0 amide bonds. The summed E-state index contributed by atoms with van der Waals surface area (Å²) in [7, 11) is 0. The van der Waals surface area contributed by atoms with E-state index in [4.69, 9.17) is 5.73 Å². The van der Waals surface area contributed by atoms with E-state index >= 15 is 0 Å². The van der Waals surface area contributed by atoms with Gasteiger partial charge in [0.25, 0.3) is 0 Å². The lowest BCUT2D eigenvalue weighted by Gasteiger charge is -2.36. The van der Waals surface area contributed by atoms with E-state index < -0.39 is 0 Å². The van der Waals surface area contributed by atoms with E-state index in [9.17, 15) is 0 Å². The van der Waals surface area contributed by atoms with Crippen molar-refractivity contribution in [2.24, 2.45) is 17.1 Å². The van der Waals surface area contributed by atoms with Gasteiger partial charge in [-0.2, -0.15) is 0 Å². The van der Waals surface area contributed by atoms with E-state index in [-0.39, 0.29) is 0 Å². The van der Waals surface area contributed by atoms with Gasteiger partial charge in [0.05, 0.1) is 0 Å². The molecular formula is C11H19N. The van der Waals surface area contributed by atoms with Gasteiger partial charge in [-0.1, -0.05) is 31.6 Å². The van der Waals surface area contributed by atoms with E-state index in [0.29, 0.717) is 11.3 Å². The van der Waals surface area contributed by atoms with Crippen LogP contribution < -0.4 is 5.73 Å². The Morgan fingerprint density at radius 1 is 1.58 bits per heavy atom. The van der Waals surface area contributed by atoms with Gasteiger partial charge in [0.15, 0.2) is 0 Å². The maximum Gasteiger partial charge on any atom is 0.00424 e. The predicted molar refractivity (Wildman–Crippen MR) is 53.6 cm³/mol. The van der Waals surface area contributed by atoms with Gasteiger partial charge in [0.2, 0.25) is 0 Å². The minimum absolute atomic E-state index is 0.384. The molecule has 1 aliphatic carbocycles. The number of nitrogens with two attached hydrogens (primary N) is 1. The van der Waals surface area contributed by atoms with Crippen LogP contribution in [0.15, 0.2) is 23.9 Å². The van der Waals surface area contributed by atoms with Crippen molar-refractivity contribution in [3.05, 3.63) is 23.9 Å². The molecule has 0 saturated heterocycles. The molecule has 0 fully saturated rings. The Kier molecular flexibility index (Phi) is 2.61. The zero-order valence-corrected chi connectivity index (χ0v) is 8.30. The molecule has 1 rings (SSSR count). The highest BCUT2D eigenvalue weighted by atomic mass is 14.5. The summed E-state index contributed by atoms with van der Waals surface area (Å²) in [4.78, 5) is 0. The molecule has 0 aromatic heterocycles. The van der Waals surface area contributed by atoms with Crippen molar-refractivity contribution in [2.75, 3.05) is 0 Å². The van der Waals surface area contributed by atoms with Crippen LogP contribution in [0, 0.1) is 11.3 Å². The maximum absolute atomic E-state index is 5.43. The smallest absolute Gasteiger partial charge is 0.00424 e. The van der Waals surface area contributed by atoms with Gasteiger partial charge in [-0.05, 0) is 31.4 Å². The average molecular weight is 165 g/mol. The van der Waals surface area contributed by atoms with Gasteiger partial charge >= 0.3 is 0 Å². The molecule has 0 heterocycles. The summed E-state index contributed by atoms with van der Waals surface area (Å²) in [5.41, 5.74) is 7.28. The Hall–Kier alpha value is -0.720. The fourth-order valence-corrected chi connectivity index (χ4v) is 2.09. The fraction of sp³-hybridized carbons (Fsp3) is 0.636. The fourth-order valence-electron chi connectivity index (χ4n) is 2.09. The Morgan fingerprint density at radius 3 is 2.75 bits per heavy atom. The zero-order chi connectivity index (χ0) is 9.19. The van der Waals surface area contributed by atoms with Gasteiger partial charge in [0.1, 0.15) is 0 Å². The Morgan fingerprint density at radius 2 is 2.25 bits per heavy atom. The topological polar surface area (TPSA) is 26.0 Å². The Labute approximate surface area is 75.3 Å². The molecule has 0 aromatic carbocycles. The summed E-state index contributed by atoms with van der Waals surface area (Å²) >= 11 is 0. The molecule has 1 aliphatic rings. The van der Waals surface area contributed by atoms with Crippen molar-refractivity contribution in [3.8, 4) is 0 Å².